The third kappa shape index (κ3) is 5.81. The van der Waals surface area contributed by atoms with Crippen LogP contribution in [0.1, 0.15) is 31.2 Å². The summed E-state index contributed by atoms with van der Waals surface area (Å²) in [5, 5.41) is 2.14. The predicted octanol–water partition coefficient (Wildman–Crippen LogP) is 4.00. The van der Waals surface area contributed by atoms with Gasteiger partial charge < -0.3 is 9.80 Å². The van der Waals surface area contributed by atoms with Crippen LogP contribution < -0.4 is 4.72 Å². The van der Waals surface area contributed by atoms with Gasteiger partial charge in [-0.2, -0.15) is 4.72 Å². The molecule has 194 valence electrons. The lowest BCUT2D eigenvalue weighted by atomic mass is 10.0. The lowest BCUT2D eigenvalue weighted by molar-refractivity contribution is -0.143. The quantitative estimate of drug-likeness (QED) is 0.492. The lowest BCUT2D eigenvalue weighted by Gasteiger charge is -2.34. The standard InChI is InChI=1S/C28H30ClN3O4S/c29-23-12-10-22-18-25(13-11-21(22)17-23)37(35,36)30-26-9-5-14-31(28(26)34)19-27(33)32-15-4-8-24(32)16-20-6-2-1-3-7-20/h1-3,6-7,10-13,17-18,24,26,30H,4-5,8-9,14-16,19H2. The van der Waals surface area contributed by atoms with Gasteiger partial charge in [0.25, 0.3) is 0 Å². The second kappa shape index (κ2) is 10.8. The Morgan fingerprint density at radius 3 is 2.49 bits per heavy atom. The molecule has 5 rings (SSSR count). The normalized spacial score (nSPS) is 20.5. The van der Waals surface area contributed by atoms with Crippen molar-refractivity contribution in [1.29, 1.82) is 0 Å². The third-order valence-corrected chi connectivity index (χ3v) is 8.95. The molecule has 2 aliphatic heterocycles. The first-order valence-electron chi connectivity index (χ1n) is 12.6. The van der Waals surface area contributed by atoms with Gasteiger partial charge in [-0.05, 0) is 72.7 Å². The van der Waals surface area contributed by atoms with Gasteiger partial charge in [0.05, 0.1) is 11.4 Å². The molecule has 0 aromatic heterocycles. The van der Waals surface area contributed by atoms with Gasteiger partial charge in [-0.3, -0.25) is 9.59 Å². The first-order chi connectivity index (χ1) is 17.8. The van der Waals surface area contributed by atoms with Crippen LogP contribution in [-0.2, 0) is 26.0 Å². The molecule has 2 saturated heterocycles. The monoisotopic (exact) mass is 539 g/mol. The van der Waals surface area contributed by atoms with Gasteiger partial charge in [0.1, 0.15) is 6.04 Å². The molecule has 9 heteroatoms. The molecule has 2 unspecified atom stereocenters. The van der Waals surface area contributed by atoms with Gasteiger partial charge >= 0.3 is 0 Å². The Morgan fingerprint density at radius 2 is 1.68 bits per heavy atom. The molecule has 2 fully saturated rings. The Kier molecular flexibility index (Phi) is 7.51. The minimum Gasteiger partial charge on any atom is -0.338 e. The van der Waals surface area contributed by atoms with E-state index in [0.29, 0.717) is 31.0 Å². The maximum absolute atomic E-state index is 13.2. The summed E-state index contributed by atoms with van der Waals surface area (Å²) in [7, 11) is -3.93. The van der Waals surface area contributed by atoms with E-state index in [9.17, 15) is 18.0 Å². The van der Waals surface area contributed by atoms with Gasteiger partial charge in [0.2, 0.25) is 21.8 Å². The van der Waals surface area contributed by atoms with E-state index in [2.05, 4.69) is 16.9 Å². The van der Waals surface area contributed by atoms with E-state index in [4.69, 9.17) is 11.6 Å². The first kappa shape index (κ1) is 25.7. The number of hydrogen-bond acceptors (Lipinski definition) is 4. The molecule has 7 nitrogen and oxygen atoms in total. The highest BCUT2D eigenvalue weighted by atomic mass is 35.5. The number of hydrogen-bond donors (Lipinski definition) is 1. The van der Waals surface area contributed by atoms with Gasteiger partial charge in [0, 0.05) is 24.2 Å². The summed E-state index contributed by atoms with van der Waals surface area (Å²) in [5.74, 6) is -0.432. The summed E-state index contributed by atoms with van der Waals surface area (Å²) in [6.07, 6.45) is 3.69. The van der Waals surface area contributed by atoms with Crippen LogP contribution >= 0.6 is 11.6 Å². The molecule has 1 N–H and O–H groups in total. The minimum atomic E-state index is -3.93. The summed E-state index contributed by atoms with van der Waals surface area (Å²) < 4.78 is 28.8. The molecule has 2 aliphatic rings. The fraction of sp³-hybridized carbons (Fsp3) is 0.357. The van der Waals surface area contributed by atoms with Crippen molar-refractivity contribution >= 4 is 44.2 Å². The van der Waals surface area contributed by atoms with Crippen LogP contribution in [0.15, 0.2) is 71.6 Å². The number of nitrogens with zero attached hydrogens (tertiary/aromatic N) is 2. The SMILES string of the molecule is O=C1C(NS(=O)(=O)c2ccc3cc(Cl)ccc3c2)CCCN1CC(=O)N1CCCC1Cc1ccccc1. The van der Waals surface area contributed by atoms with E-state index < -0.39 is 16.1 Å². The van der Waals surface area contributed by atoms with E-state index in [1.165, 1.54) is 16.5 Å². The summed E-state index contributed by atoms with van der Waals surface area (Å²) in [6, 6.07) is 19.3. The van der Waals surface area contributed by atoms with E-state index in [1.807, 2.05) is 23.1 Å². The number of nitrogens with one attached hydrogen (secondary N) is 1. The van der Waals surface area contributed by atoms with E-state index in [0.717, 1.165) is 30.0 Å². The molecule has 0 radical (unpaired) electrons. The average molecular weight is 540 g/mol. The second-order valence-electron chi connectivity index (χ2n) is 9.80. The number of sulfonamides is 1. The number of fused-ring (bicyclic) bond motifs is 1. The van der Waals surface area contributed by atoms with E-state index >= 15 is 0 Å². The largest absolute Gasteiger partial charge is 0.338 e. The van der Waals surface area contributed by atoms with Crippen molar-refractivity contribution in [3.8, 4) is 0 Å². The van der Waals surface area contributed by atoms with Crippen LogP contribution in [0, 0.1) is 0 Å². The first-order valence-corrected chi connectivity index (χ1v) is 14.5. The number of halogens is 1. The van der Waals surface area contributed by atoms with Gasteiger partial charge in [-0.25, -0.2) is 8.42 Å². The number of carbonyl (C=O) groups is 2. The average Bonchev–Trinajstić information content (AvgIpc) is 3.35. The molecule has 0 spiro atoms. The van der Waals surface area contributed by atoms with Crippen molar-refractivity contribution in [2.75, 3.05) is 19.6 Å². The summed E-state index contributed by atoms with van der Waals surface area (Å²) in [4.78, 5) is 29.9. The van der Waals surface area contributed by atoms with Crippen LogP contribution in [0.5, 0.6) is 0 Å². The molecule has 2 amide bonds. The number of carbonyl (C=O) groups excluding carboxylic acids is 2. The second-order valence-corrected chi connectivity index (χ2v) is 12.0. The van der Waals surface area contributed by atoms with Crippen molar-refractivity contribution in [2.24, 2.45) is 0 Å². The topological polar surface area (TPSA) is 86.8 Å². The Hall–Kier alpha value is -2.94. The zero-order valence-corrected chi connectivity index (χ0v) is 22.0. The third-order valence-electron chi connectivity index (χ3n) is 7.25. The molecule has 0 aliphatic carbocycles. The number of amides is 2. The number of likely N-dealkylation sites (tertiary alicyclic amines) is 2. The molecule has 37 heavy (non-hydrogen) atoms. The van der Waals surface area contributed by atoms with Crippen LogP contribution in [0.2, 0.25) is 5.02 Å². The Balaban J connectivity index is 1.24. The number of piperidine rings is 1. The molecular weight excluding hydrogens is 510 g/mol. The maximum Gasteiger partial charge on any atom is 0.242 e. The van der Waals surface area contributed by atoms with Crippen LogP contribution in [-0.4, -0.2) is 61.7 Å². The molecule has 2 atom stereocenters. The van der Waals surface area contributed by atoms with Crippen molar-refractivity contribution < 1.29 is 18.0 Å². The summed E-state index contributed by atoms with van der Waals surface area (Å²) in [6.45, 7) is 1.09. The van der Waals surface area contributed by atoms with Crippen molar-refractivity contribution in [3.63, 3.8) is 0 Å². The Morgan fingerprint density at radius 1 is 0.946 bits per heavy atom. The highest BCUT2D eigenvalue weighted by Gasteiger charge is 2.36. The highest BCUT2D eigenvalue weighted by molar-refractivity contribution is 7.89. The smallest absolute Gasteiger partial charge is 0.242 e. The zero-order valence-electron chi connectivity index (χ0n) is 20.5. The van der Waals surface area contributed by atoms with Crippen LogP contribution in [0.3, 0.4) is 0 Å². The Labute approximate surface area is 222 Å². The van der Waals surface area contributed by atoms with Crippen molar-refractivity contribution in [2.45, 2.75) is 49.1 Å². The molecule has 3 aromatic rings. The van der Waals surface area contributed by atoms with Gasteiger partial charge in [0.15, 0.2) is 0 Å². The van der Waals surface area contributed by atoms with E-state index in [-0.39, 0.29) is 29.3 Å². The fourth-order valence-electron chi connectivity index (χ4n) is 5.34. The van der Waals surface area contributed by atoms with Crippen LogP contribution in [0.4, 0.5) is 0 Å². The maximum atomic E-state index is 13.2. The number of benzene rings is 3. The Bertz CT molecular complexity index is 1410. The van der Waals surface area contributed by atoms with Gasteiger partial charge in [-0.15, -0.1) is 0 Å². The highest BCUT2D eigenvalue weighted by Crippen LogP contribution is 2.25. The molecule has 0 saturated carbocycles. The molecule has 2 heterocycles. The van der Waals surface area contributed by atoms with Crippen molar-refractivity contribution in [3.05, 3.63) is 77.3 Å². The predicted molar refractivity (Wildman–Crippen MR) is 144 cm³/mol. The molecule has 0 bridgehead atoms. The minimum absolute atomic E-state index is 0.0287. The van der Waals surface area contributed by atoms with Crippen LogP contribution in [0.25, 0.3) is 10.8 Å². The fourth-order valence-corrected chi connectivity index (χ4v) is 6.78. The van der Waals surface area contributed by atoms with Crippen molar-refractivity contribution in [1.82, 2.24) is 14.5 Å². The van der Waals surface area contributed by atoms with Gasteiger partial charge in [-0.1, -0.05) is 54.1 Å². The summed E-state index contributed by atoms with van der Waals surface area (Å²) >= 11 is 6.03. The number of rotatable bonds is 7. The zero-order chi connectivity index (χ0) is 26.0. The lowest BCUT2D eigenvalue weighted by Crippen LogP contribution is -2.55. The summed E-state index contributed by atoms with van der Waals surface area (Å²) in [5.41, 5.74) is 1.19. The molecular formula is C28H30ClN3O4S. The van der Waals surface area contributed by atoms with E-state index in [1.54, 1.807) is 30.3 Å². The molecule has 3 aromatic carbocycles.